The fourth-order valence-electron chi connectivity index (χ4n) is 2.34. The summed E-state index contributed by atoms with van der Waals surface area (Å²) in [6, 6.07) is 0. The summed E-state index contributed by atoms with van der Waals surface area (Å²) in [6.07, 6.45) is 1.78. The van der Waals surface area contributed by atoms with E-state index in [2.05, 4.69) is 26.1 Å². The molecule has 0 aliphatic heterocycles. The van der Waals surface area contributed by atoms with E-state index in [1.165, 1.54) is 0 Å². The molecule has 5 heteroatoms. The van der Waals surface area contributed by atoms with Crippen LogP contribution in [0.25, 0.3) is 0 Å². The van der Waals surface area contributed by atoms with Crippen LogP contribution in [-0.4, -0.2) is 32.5 Å². The van der Waals surface area contributed by atoms with Gasteiger partial charge in [-0.25, -0.2) is 0 Å². The van der Waals surface area contributed by atoms with Crippen molar-refractivity contribution < 1.29 is 17.9 Å². The number of unbranched alkanes of at least 4 members (excludes halogenated alkanes) is 1. The van der Waals surface area contributed by atoms with Gasteiger partial charge in [0.25, 0.3) is 0 Å². The second kappa shape index (κ2) is 10.4. The molecule has 0 aromatic rings. The number of hydrogen-bond acceptors (Lipinski definition) is 2. The lowest BCUT2D eigenvalue weighted by Gasteiger charge is -2.33. The van der Waals surface area contributed by atoms with Crippen LogP contribution in [0.5, 0.6) is 0 Å². The van der Waals surface area contributed by atoms with Crippen LogP contribution in [0.2, 0.25) is 0 Å². The third-order valence-corrected chi connectivity index (χ3v) is 3.78. The standard InChI is InChI=1S/C15H30F3NO/c1-4-7-8-14(6-3,12-19-10-5-2)9-11-20-13-15(16,17)18/h19H,4-13H2,1-3H3. The summed E-state index contributed by atoms with van der Waals surface area (Å²) >= 11 is 0. The fourth-order valence-corrected chi connectivity index (χ4v) is 2.34. The zero-order valence-corrected chi connectivity index (χ0v) is 13.1. The van der Waals surface area contributed by atoms with Gasteiger partial charge in [-0.15, -0.1) is 0 Å². The monoisotopic (exact) mass is 297 g/mol. The minimum Gasteiger partial charge on any atom is -0.372 e. The molecule has 0 spiro atoms. The van der Waals surface area contributed by atoms with Crippen molar-refractivity contribution in [1.82, 2.24) is 5.32 Å². The van der Waals surface area contributed by atoms with E-state index in [0.717, 1.165) is 45.2 Å². The minimum absolute atomic E-state index is 0.0662. The lowest BCUT2D eigenvalue weighted by molar-refractivity contribution is -0.175. The van der Waals surface area contributed by atoms with Gasteiger partial charge in [0.15, 0.2) is 0 Å². The number of ether oxygens (including phenoxy) is 1. The van der Waals surface area contributed by atoms with Crippen molar-refractivity contribution in [2.45, 2.75) is 65.5 Å². The van der Waals surface area contributed by atoms with E-state index < -0.39 is 12.8 Å². The van der Waals surface area contributed by atoms with Gasteiger partial charge < -0.3 is 10.1 Å². The van der Waals surface area contributed by atoms with Crippen LogP contribution in [0, 0.1) is 5.41 Å². The topological polar surface area (TPSA) is 21.3 Å². The van der Waals surface area contributed by atoms with Gasteiger partial charge >= 0.3 is 6.18 Å². The zero-order valence-electron chi connectivity index (χ0n) is 13.1. The summed E-state index contributed by atoms with van der Waals surface area (Å²) in [5, 5.41) is 3.42. The number of hydrogen-bond donors (Lipinski definition) is 1. The largest absolute Gasteiger partial charge is 0.411 e. The van der Waals surface area contributed by atoms with Crippen molar-refractivity contribution in [2.24, 2.45) is 5.41 Å². The Labute approximate surface area is 121 Å². The lowest BCUT2D eigenvalue weighted by atomic mass is 9.77. The van der Waals surface area contributed by atoms with Gasteiger partial charge in [0.1, 0.15) is 6.61 Å². The Kier molecular flexibility index (Phi) is 10.3. The van der Waals surface area contributed by atoms with Crippen molar-refractivity contribution in [1.29, 1.82) is 0 Å². The molecule has 0 saturated heterocycles. The van der Waals surface area contributed by atoms with Crippen LogP contribution >= 0.6 is 0 Å². The highest BCUT2D eigenvalue weighted by molar-refractivity contribution is 4.80. The molecular weight excluding hydrogens is 267 g/mol. The molecule has 0 bridgehead atoms. The van der Waals surface area contributed by atoms with E-state index in [9.17, 15) is 13.2 Å². The molecule has 0 fully saturated rings. The van der Waals surface area contributed by atoms with Crippen LogP contribution in [-0.2, 0) is 4.74 Å². The fraction of sp³-hybridized carbons (Fsp3) is 1.00. The van der Waals surface area contributed by atoms with Crippen LogP contribution in [0.15, 0.2) is 0 Å². The van der Waals surface area contributed by atoms with E-state index in [0.29, 0.717) is 6.42 Å². The first-order valence-corrected chi connectivity index (χ1v) is 7.74. The van der Waals surface area contributed by atoms with Gasteiger partial charge in [0.2, 0.25) is 0 Å². The molecule has 0 aliphatic rings. The molecule has 0 aliphatic carbocycles. The highest BCUT2D eigenvalue weighted by Gasteiger charge is 2.30. The Balaban J connectivity index is 4.26. The van der Waals surface area contributed by atoms with Crippen LogP contribution in [0.1, 0.15) is 59.3 Å². The Bertz CT molecular complexity index is 234. The maximum Gasteiger partial charge on any atom is 0.411 e. The normalized spacial score (nSPS) is 15.3. The Morgan fingerprint density at radius 3 is 2.20 bits per heavy atom. The first-order chi connectivity index (χ1) is 9.39. The number of nitrogens with one attached hydrogen (secondary N) is 1. The first kappa shape index (κ1) is 19.7. The number of alkyl halides is 3. The predicted molar refractivity (Wildman–Crippen MR) is 76.9 cm³/mol. The Morgan fingerprint density at radius 1 is 1.00 bits per heavy atom. The molecule has 1 unspecified atom stereocenters. The molecule has 1 atom stereocenters. The van der Waals surface area contributed by atoms with Crippen LogP contribution in [0.4, 0.5) is 13.2 Å². The Hall–Kier alpha value is -0.290. The van der Waals surface area contributed by atoms with Gasteiger partial charge in [0, 0.05) is 13.2 Å². The summed E-state index contributed by atoms with van der Waals surface area (Å²) in [4.78, 5) is 0. The molecule has 0 aromatic heterocycles. The average molecular weight is 297 g/mol. The van der Waals surface area contributed by atoms with Gasteiger partial charge in [-0.2, -0.15) is 13.2 Å². The molecule has 20 heavy (non-hydrogen) atoms. The maximum absolute atomic E-state index is 12.1. The zero-order chi connectivity index (χ0) is 15.5. The van der Waals surface area contributed by atoms with Crippen molar-refractivity contribution in [3.05, 3.63) is 0 Å². The minimum atomic E-state index is -4.22. The van der Waals surface area contributed by atoms with E-state index in [-0.39, 0.29) is 12.0 Å². The number of rotatable bonds is 12. The second-order valence-corrected chi connectivity index (χ2v) is 5.55. The molecule has 0 radical (unpaired) electrons. The van der Waals surface area contributed by atoms with Gasteiger partial charge in [-0.3, -0.25) is 0 Å². The lowest BCUT2D eigenvalue weighted by Crippen LogP contribution is -2.36. The molecule has 2 nitrogen and oxygen atoms in total. The summed E-state index contributed by atoms with van der Waals surface area (Å²) in [5.74, 6) is 0. The van der Waals surface area contributed by atoms with Crippen LogP contribution < -0.4 is 5.32 Å². The van der Waals surface area contributed by atoms with Crippen molar-refractivity contribution in [3.8, 4) is 0 Å². The van der Waals surface area contributed by atoms with E-state index in [1.54, 1.807) is 0 Å². The smallest absolute Gasteiger partial charge is 0.372 e. The van der Waals surface area contributed by atoms with Gasteiger partial charge in [-0.05, 0) is 37.6 Å². The molecule has 0 amide bonds. The highest BCUT2D eigenvalue weighted by atomic mass is 19.4. The van der Waals surface area contributed by atoms with Crippen LogP contribution in [0.3, 0.4) is 0 Å². The molecular formula is C15H30F3NO. The SMILES string of the molecule is CCCCC(CC)(CCOCC(F)(F)F)CNCCC. The molecule has 122 valence electrons. The van der Waals surface area contributed by atoms with Crippen molar-refractivity contribution in [2.75, 3.05) is 26.3 Å². The molecule has 0 aromatic carbocycles. The van der Waals surface area contributed by atoms with E-state index in [1.807, 2.05) is 0 Å². The summed E-state index contributed by atoms with van der Waals surface area (Å²) in [6.45, 7) is 7.24. The van der Waals surface area contributed by atoms with Gasteiger partial charge in [-0.1, -0.05) is 33.6 Å². The summed E-state index contributed by atoms with van der Waals surface area (Å²) in [7, 11) is 0. The Morgan fingerprint density at radius 2 is 1.70 bits per heavy atom. The molecule has 1 N–H and O–H groups in total. The van der Waals surface area contributed by atoms with E-state index >= 15 is 0 Å². The van der Waals surface area contributed by atoms with Crippen molar-refractivity contribution >= 4 is 0 Å². The maximum atomic E-state index is 12.1. The second-order valence-electron chi connectivity index (χ2n) is 5.55. The average Bonchev–Trinajstić information content (AvgIpc) is 2.39. The van der Waals surface area contributed by atoms with E-state index in [4.69, 9.17) is 4.74 Å². The molecule has 0 saturated carbocycles. The highest BCUT2D eigenvalue weighted by Crippen LogP contribution is 2.32. The number of halogens is 3. The van der Waals surface area contributed by atoms with Gasteiger partial charge in [0.05, 0.1) is 0 Å². The molecule has 0 rings (SSSR count). The summed E-state index contributed by atoms with van der Waals surface area (Å²) < 4.78 is 41.0. The third kappa shape index (κ3) is 9.59. The first-order valence-electron chi connectivity index (χ1n) is 7.74. The molecule has 0 heterocycles. The third-order valence-electron chi connectivity index (χ3n) is 3.78. The summed E-state index contributed by atoms with van der Waals surface area (Å²) in [5.41, 5.74) is 0.0662. The van der Waals surface area contributed by atoms with Crippen molar-refractivity contribution in [3.63, 3.8) is 0 Å². The predicted octanol–water partition coefficient (Wildman–Crippen LogP) is 4.54. The quantitative estimate of drug-likeness (QED) is 0.534.